The first-order chi connectivity index (χ1) is 4.37. The van der Waals surface area contributed by atoms with Gasteiger partial charge < -0.3 is 19.8 Å². The summed E-state index contributed by atoms with van der Waals surface area (Å²) in [4.78, 5) is 27.6. The molecule has 0 atom stereocenters. The van der Waals surface area contributed by atoms with E-state index in [-0.39, 0.29) is 21.7 Å². The first-order valence-electron chi connectivity index (χ1n) is 2.27. The predicted octanol–water partition coefficient (Wildman–Crippen LogP) is -2.92. The van der Waals surface area contributed by atoms with E-state index in [1.165, 1.54) is 0 Å². The Balaban J connectivity index is -0.000000114. The Labute approximate surface area is 78.3 Å². The smallest absolute Gasteiger partial charge is 0.550 e. The molecule has 0 rings (SSSR count). The zero-order chi connectivity index (χ0) is 8.73. The number of carboxylic acids is 2. The zero-order valence-corrected chi connectivity index (χ0v) is 7.60. The second-order valence-electron chi connectivity index (χ2n) is 1.34. The molecular weight excluding hydrogens is 188 g/mol. The van der Waals surface area contributed by atoms with E-state index in [1.54, 1.807) is 0 Å². The minimum Gasteiger partial charge on any atom is -0.550 e. The van der Waals surface area contributed by atoms with E-state index in [9.17, 15) is 14.7 Å². The third kappa shape index (κ3) is 45.3. The molecule has 0 saturated carbocycles. The van der Waals surface area contributed by atoms with E-state index in [1.807, 2.05) is 0 Å². The monoisotopic (exact) mass is 194 g/mol. The number of carbonyl (C=O) groups excluding carboxylic acids is 3. The summed E-state index contributed by atoms with van der Waals surface area (Å²) in [5.74, 6) is -3.65. The van der Waals surface area contributed by atoms with E-state index in [2.05, 4.69) is 0 Å². The molecule has 0 heterocycles. The normalized spacial score (nSPS) is 6.36. The summed E-state index contributed by atoms with van der Waals surface area (Å²) in [6.45, 7) is 1.91. The SMILES string of the molecule is CC(=O)C(=O)[O-].CC(=O)[O-].[Ti+2]. The second-order valence-corrected chi connectivity index (χ2v) is 1.34. The molecule has 6 heteroatoms. The van der Waals surface area contributed by atoms with Crippen LogP contribution in [0.1, 0.15) is 13.8 Å². The van der Waals surface area contributed by atoms with Gasteiger partial charge in [0.05, 0.1) is 0 Å². The van der Waals surface area contributed by atoms with Gasteiger partial charge in [0.25, 0.3) is 0 Å². The zero-order valence-electron chi connectivity index (χ0n) is 6.04. The Morgan fingerprint density at radius 3 is 1.09 bits per heavy atom. The average Bonchev–Trinajstić information content (AvgIpc) is 1.63. The largest absolute Gasteiger partial charge is 2.00 e. The molecule has 0 fully saturated rings. The van der Waals surface area contributed by atoms with E-state index in [4.69, 9.17) is 9.90 Å². The summed E-state index contributed by atoms with van der Waals surface area (Å²) in [6.07, 6.45) is 0. The molecule has 0 amide bonds. The molecule has 0 aromatic rings. The van der Waals surface area contributed by atoms with Gasteiger partial charge in [-0.15, -0.1) is 0 Å². The van der Waals surface area contributed by atoms with Gasteiger partial charge in [0.15, 0.2) is 5.78 Å². The molecule has 0 aliphatic heterocycles. The maximum absolute atomic E-state index is 9.48. The molecule has 0 saturated heterocycles. The molecule has 0 radical (unpaired) electrons. The first-order valence-corrected chi connectivity index (χ1v) is 2.27. The summed E-state index contributed by atoms with van der Waals surface area (Å²) in [5.41, 5.74) is 0. The molecule has 0 spiro atoms. The predicted molar refractivity (Wildman–Crippen MR) is 26.4 cm³/mol. The number of hydrogen-bond acceptors (Lipinski definition) is 5. The number of hydrogen-bond donors (Lipinski definition) is 0. The third-order valence-corrected chi connectivity index (χ3v) is 0.287. The second kappa shape index (κ2) is 9.32. The fourth-order valence-corrected chi connectivity index (χ4v) is 0. The minimum absolute atomic E-state index is 0. The van der Waals surface area contributed by atoms with Crippen molar-refractivity contribution in [3.05, 3.63) is 0 Å². The fraction of sp³-hybridized carbons (Fsp3) is 0.400. The molecule has 0 unspecified atom stereocenters. The maximum atomic E-state index is 9.48. The summed E-state index contributed by atoms with van der Waals surface area (Å²) < 4.78 is 0. The van der Waals surface area contributed by atoms with Gasteiger partial charge in [-0.2, -0.15) is 0 Å². The number of rotatable bonds is 1. The van der Waals surface area contributed by atoms with Crippen LogP contribution < -0.4 is 10.2 Å². The molecule has 60 valence electrons. The van der Waals surface area contributed by atoms with Crippen LogP contribution in [0.5, 0.6) is 0 Å². The van der Waals surface area contributed by atoms with Crippen LogP contribution in [0.25, 0.3) is 0 Å². The molecule has 0 aromatic carbocycles. The molecule has 0 aliphatic rings. The van der Waals surface area contributed by atoms with Gasteiger partial charge in [-0.05, 0) is 6.92 Å². The Morgan fingerprint density at radius 2 is 1.09 bits per heavy atom. The van der Waals surface area contributed by atoms with Gasteiger partial charge in [0.2, 0.25) is 0 Å². The molecule has 0 bridgehead atoms. The van der Waals surface area contributed by atoms with Crippen molar-refractivity contribution in [3.8, 4) is 0 Å². The number of Topliss-reactive ketones (excluding diaryl/α,β-unsaturated/α-hetero) is 1. The van der Waals surface area contributed by atoms with E-state index >= 15 is 0 Å². The minimum atomic E-state index is -1.63. The number of ketones is 1. The maximum Gasteiger partial charge on any atom is 2.00 e. The number of aliphatic carboxylic acids is 2. The third-order valence-electron chi connectivity index (χ3n) is 0.287. The van der Waals surface area contributed by atoms with Crippen LogP contribution in [-0.4, -0.2) is 17.7 Å². The van der Waals surface area contributed by atoms with Crippen molar-refractivity contribution in [3.63, 3.8) is 0 Å². The Bertz CT molecular complexity index is 137. The topological polar surface area (TPSA) is 97.3 Å². The van der Waals surface area contributed by atoms with Gasteiger partial charge in [0, 0.05) is 12.9 Å². The van der Waals surface area contributed by atoms with Crippen LogP contribution in [0.2, 0.25) is 0 Å². The van der Waals surface area contributed by atoms with E-state index in [0.717, 1.165) is 13.8 Å². The molecule has 0 N–H and O–H groups in total. The van der Waals surface area contributed by atoms with Crippen LogP contribution in [0.3, 0.4) is 0 Å². The summed E-state index contributed by atoms with van der Waals surface area (Å²) >= 11 is 0. The number of carboxylic acid groups (broad SMARTS) is 2. The van der Waals surface area contributed by atoms with E-state index < -0.39 is 17.7 Å². The van der Waals surface area contributed by atoms with Gasteiger partial charge in [-0.25, -0.2) is 0 Å². The van der Waals surface area contributed by atoms with Crippen LogP contribution in [0, 0.1) is 0 Å². The molecule has 0 aliphatic carbocycles. The van der Waals surface area contributed by atoms with Crippen LogP contribution in [0.15, 0.2) is 0 Å². The van der Waals surface area contributed by atoms with Crippen molar-refractivity contribution >= 4 is 17.7 Å². The van der Waals surface area contributed by atoms with Crippen molar-refractivity contribution < 1.29 is 46.3 Å². The van der Waals surface area contributed by atoms with Crippen molar-refractivity contribution in [2.45, 2.75) is 13.8 Å². The van der Waals surface area contributed by atoms with Gasteiger partial charge in [0.1, 0.15) is 5.97 Å². The Hall–Kier alpha value is -0.676. The van der Waals surface area contributed by atoms with Gasteiger partial charge in [-0.3, -0.25) is 4.79 Å². The first kappa shape index (κ1) is 16.7. The standard InChI is InChI=1S/C3H4O3.C2H4O2.Ti/c1-2(4)3(5)6;1-2(3)4;/h1H3,(H,5,6);1H3,(H,3,4);/q;;+2/p-2. The summed E-state index contributed by atoms with van der Waals surface area (Å²) in [6, 6.07) is 0. The van der Waals surface area contributed by atoms with Crippen molar-refractivity contribution in [1.82, 2.24) is 0 Å². The molecule has 5 nitrogen and oxygen atoms in total. The Morgan fingerprint density at radius 1 is 1.00 bits per heavy atom. The van der Waals surface area contributed by atoms with Crippen molar-refractivity contribution in [1.29, 1.82) is 0 Å². The molecule has 11 heavy (non-hydrogen) atoms. The van der Waals surface area contributed by atoms with Crippen molar-refractivity contribution in [2.75, 3.05) is 0 Å². The fourth-order valence-electron chi connectivity index (χ4n) is 0. The number of carbonyl (C=O) groups is 3. The molecule has 0 aromatic heterocycles. The molecular formula is C5H6O5Ti. The van der Waals surface area contributed by atoms with Gasteiger partial charge >= 0.3 is 21.7 Å². The van der Waals surface area contributed by atoms with Crippen LogP contribution in [0.4, 0.5) is 0 Å². The Kier molecular flexibility index (Phi) is 14.2. The summed E-state index contributed by atoms with van der Waals surface area (Å²) in [5, 5.41) is 18.1. The van der Waals surface area contributed by atoms with E-state index in [0.29, 0.717) is 0 Å². The quantitative estimate of drug-likeness (QED) is 0.329. The van der Waals surface area contributed by atoms with Crippen LogP contribution in [-0.2, 0) is 36.1 Å². The van der Waals surface area contributed by atoms with Gasteiger partial charge in [-0.1, -0.05) is 0 Å². The van der Waals surface area contributed by atoms with Crippen molar-refractivity contribution in [2.24, 2.45) is 0 Å². The average molecular weight is 194 g/mol. The van der Waals surface area contributed by atoms with Crippen LogP contribution >= 0.6 is 0 Å². The summed E-state index contributed by atoms with van der Waals surface area (Å²) in [7, 11) is 0.